The lowest BCUT2D eigenvalue weighted by molar-refractivity contribution is -0.157. The summed E-state index contributed by atoms with van der Waals surface area (Å²) in [6, 6.07) is 7.95. The number of hydrogen-bond acceptors (Lipinski definition) is 6. The van der Waals surface area contributed by atoms with E-state index in [4.69, 9.17) is 11.2 Å². The maximum atomic E-state index is 15.0. The summed E-state index contributed by atoms with van der Waals surface area (Å²) in [7, 11) is 0. The molecule has 8 nitrogen and oxygen atoms in total. The molecule has 3 aromatic carbocycles. The highest BCUT2D eigenvalue weighted by atomic mass is 19.2. The van der Waals surface area contributed by atoms with Crippen molar-refractivity contribution in [1.82, 2.24) is 9.55 Å². The Bertz CT molecular complexity index is 1930. The Hall–Kier alpha value is -5.25. The quantitative estimate of drug-likeness (QED) is 0.0847. The number of aryl methyl sites for hydroxylation is 1. The van der Waals surface area contributed by atoms with Crippen LogP contribution in [0.2, 0.25) is 0 Å². The number of benzene rings is 3. The molecule has 0 spiro atoms. The van der Waals surface area contributed by atoms with Gasteiger partial charge in [-0.15, -0.1) is 6.42 Å². The van der Waals surface area contributed by atoms with E-state index < -0.39 is 75.4 Å². The molecule has 13 heteroatoms. The SMILES string of the molecule is C#CCN(Cc1ccc2nc(C)n(COC(=O)C(C)(C)C)c(=O)c2c1)c1cccc(C(=O)O)c1-c1c(F)c(F)c(F)c(F)c1F. The van der Waals surface area contributed by atoms with Gasteiger partial charge in [0.05, 0.1) is 34.0 Å². The van der Waals surface area contributed by atoms with Gasteiger partial charge in [0.25, 0.3) is 5.56 Å². The summed E-state index contributed by atoms with van der Waals surface area (Å²) < 4.78 is 78.8. The number of anilines is 1. The molecule has 234 valence electrons. The predicted molar refractivity (Wildman–Crippen MR) is 155 cm³/mol. The highest BCUT2D eigenvalue weighted by Gasteiger charge is 2.32. The van der Waals surface area contributed by atoms with Crippen LogP contribution in [-0.2, 0) is 22.8 Å². The molecule has 0 saturated heterocycles. The van der Waals surface area contributed by atoms with Gasteiger partial charge in [0.2, 0.25) is 5.82 Å². The molecule has 1 heterocycles. The lowest BCUT2D eigenvalue weighted by Crippen LogP contribution is -2.30. The summed E-state index contributed by atoms with van der Waals surface area (Å²) in [5, 5.41) is 9.92. The van der Waals surface area contributed by atoms with Crippen molar-refractivity contribution in [3.05, 3.63) is 92.8 Å². The summed E-state index contributed by atoms with van der Waals surface area (Å²) >= 11 is 0. The zero-order chi connectivity index (χ0) is 33.4. The molecular weight excluding hydrogens is 601 g/mol. The number of nitrogens with zero attached hydrogens (tertiary/aromatic N) is 3. The van der Waals surface area contributed by atoms with Crippen LogP contribution in [0.1, 0.15) is 42.5 Å². The Kier molecular flexibility index (Phi) is 8.99. The summed E-state index contributed by atoms with van der Waals surface area (Å²) in [6.07, 6.45) is 5.54. The van der Waals surface area contributed by atoms with E-state index in [1.54, 1.807) is 33.8 Å². The molecule has 4 rings (SSSR count). The van der Waals surface area contributed by atoms with Crippen LogP contribution in [-0.4, -0.2) is 33.1 Å². The molecule has 0 bridgehead atoms. The Morgan fingerprint density at radius 1 is 1.00 bits per heavy atom. The number of ether oxygens (including phenoxy) is 1. The number of esters is 1. The molecule has 0 aliphatic rings. The van der Waals surface area contributed by atoms with Crippen LogP contribution in [0.3, 0.4) is 0 Å². The minimum atomic E-state index is -2.40. The number of carbonyl (C=O) groups excluding carboxylic acids is 1. The van der Waals surface area contributed by atoms with Gasteiger partial charge in [-0.05, 0) is 57.5 Å². The number of aromatic carboxylic acids is 1. The number of hydrogen-bond donors (Lipinski definition) is 1. The topological polar surface area (TPSA) is 102 Å². The van der Waals surface area contributed by atoms with E-state index in [-0.39, 0.29) is 30.0 Å². The van der Waals surface area contributed by atoms with E-state index in [9.17, 15) is 32.7 Å². The van der Waals surface area contributed by atoms with Crippen LogP contribution in [0.25, 0.3) is 22.0 Å². The first-order chi connectivity index (χ1) is 21.1. The van der Waals surface area contributed by atoms with Gasteiger partial charge in [0, 0.05) is 17.8 Å². The van der Waals surface area contributed by atoms with Crippen LogP contribution in [0.4, 0.5) is 27.6 Å². The van der Waals surface area contributed by atoms with Crippen molar-refractivity contribution in [3.8, 4) is 23.5 Å². The van der Waals surface area contributed by atoms with Gasteiger partial charge >= 0.3 is 11.9 Å². The smallest absolute Gasteiger partial charge is 0.336 e. The first kappa shape index (κ1) is 32.7. The highest BCUT2D eigenvalue weighted by molar-refractivity contribution is 6.00. The Morgan fingerprint density at radius 2 is 1.62 bits per heavy atom. The molecule has 0 saturated carbocycles. The summed E-state index contributed by atoms with van der Waals surface area (Å²) in [4.78, 5) is 43.4. The minimum Gasteiger partial charge on any atom is -0.478 e. The largest absolute Gasteiger partial charge is 0.478 e. The van der Waals surface area contributed by atoms with Crippen molar-refractivity contribution in [2.45, 2.75) is 41.0 Å². The fourth-order valence-electron chi connectivity index (χ4n) is 4.59. The number of aromatic nitrogens is 2. The van der Waals surface area contributed by atoms with E-state index in [0.717, 1.165) is 10.6 Å². The molecule has 0 fully saturated rings. The molecule has 0 aliphatic carbocycles. The number of carboxylic acid groups (broad SMARTS) is 1. The van der Waals surface area contributed by atoms with E-state index >= 15 is 8.78 Å². The van der Waals surface area contributed by atoms with Crippen LogP contribution < -0.4 is 10.5 Å². The Labute approximate surface area is 253 Å². The number of carboxylic acids is 1. The molecule has 1 N–H and O–H groups in total. The summed E-state index contributed by atoms with van der Waals surface area (Å²) in [5.74, 6) is -11.0. The van der Waals surface area contributed by atoms with Gasteiger partial charge < -0.3 is 14.7 Å². The first-order valence-corrected chi connectivity index (χ1v) is 13.3. The second kappa shape index (κ2) is 12.4. The second-order valence-corrected chi connectivity index (χ2v) is 11.1. The number of rotatable bonds is 8. The van der Waals surface area contributed by atoms with Crippen molar-refractivity contribution >= 4 is 28.5 Å². The third-order valence-electron chi connectivity index (χ3n) is 6.88. The van der Waals surface area contributed by atoms with Gasteiger partial charge in [0.1, 0.15) is 5.82 Å². The van der Waals surface area contributed by atoms with E-state index in [1.807, 2.05) is 0 Å². The third-order valence-corrected chi connectivity index (χ3v) is 6.88. The summed E-state index contributed by atoms with van der Waals surface area (Å²) in [5.41, 5.74) is -3.88. The minimum absolute atomic E-state index is 0.116. The van der Waals surface area contributed by atoms with Crippen molar-refractivity contribution in [1.29, 1.82) is 0 Å². The molecular formula is C32H26F5N3O5. The van der Waals surface area contributed by atoms with Crippen LogP contribution >= 0.6 is 0 Å². The second-order valence-electron chi connectivity index (χ2n) is 11.1. The van der Waals surface area contributed by atoms with Crippen molar-refractivity contribution in [2.24, 2.45) is 5.41 Å². The van der Waals surface area contributed by atoms with Gasteiger partial charge in [-0.25, -0.2) is 31.7 Å². The highest BCUT2D eigenvalue weighted by Crippen LogP contribution is 2.40. The fourth-order valence-corrected chi connectivity index (χ4v) is 4.59. The van der Waals surface area contributed by atoms with Crippen LogP contribution in [0.5, 0.6) is 0 Å². The van der Waals surface area contributed by atoms with Crippen LogP contribution in [0.15, 0.2) is 41.2 Å². The fraction of sp³-hybridized carbons (Fsp3) is 0.250. The average molecular weight is 628 g/mol. The molecule has 0 amide bonds. The molecule has 45 heavy (non-hydrogen) atoms. The van der Waals surface area contributed by atoms with Gasteiger partial charge in [-0.2, -0.15) is 0 Å². The van der Waals surface area contributed by atoms with Gasteiger partial charge in [-0.3, -0.25) is 14.2 Å². The standard InChI is InChI=1S/C32H26F5N3O5/c1-6-12-39(21-9-7-8-18(30(42)43)22(21)23-24(33)26(35)28(37)27(36)25(23)34)14-17-10-11-20-19(13-17)29(41)40(16(2)38-20)15-45-31(44)32(3,4)5/h1,7-11,13H,12,14-15H2,2-5H3,(H,42,43). The number of halogens is 5. The Balaban J connectivity index is 1.85. The van der Waals surface area contributed by atoms with Crippen LogP contribution in [0, 0.1) is 53.8 Å². The summed E-state index contributed by atoms with van der Waals surface area (Å²) in [6.45, 7) is 5.62. The molecule has 0 unspecified atom stereocenters. The normalized spacial score (nSPS) is 11.4. The maximum Gasteiger partial charge on any atom is 0.336 e. The zero-order valence-corrected chi connectivity index (χ0v) is 24.5. The zero-order valence-electron chi connectivity index (χ0n) is 24.5. The number of terminal acetylenes is 1. The van der Waals surface area contributed by atoms with E-state index in [1.165, 1.54) is 29.2 Å². The maximum absolute atomic E-state index is 15.0. The average Bonchev–Trinajstić information content (AvgIpc) is 2.98. The first-order valence-electron chi connectivity index (χ1n) is 13.3. The molecule has 0 aliphatic heterocycles. The monoisotopic (exact) mass is 627 g/mol. The number of fused-ring (bicyclic) bond motifs is 1. The van der Waals surface area contributed by atoms with E-state index in [2.05, 4.69) is 10.9 Å². The predicted octanol–water partition coefficient (Wildman–Crippen LogP) is 5.95. The molecule has 0 atom stereocenters. The Morgan fingerprint density at radius 3 is 2.20 bits per heavy atom. The third kappa shape index (κ3) is 6.22. The molecule has 4 aromatic rings. The van der Waals surface area contributed by atoms with Crippen molar-refractivity contribution < 1.29 is 41.4 Å². The molecule has 0 radical (unpaired) electrons. The van der Waals surface area contributed by atoms with Crippen molar-refractivity contribution in [3.63, 3.8) is 0 Å². The van der Waals surface area contributed by atoms with Gasteiger partial charge in [-0.1, -0.05) is 18.1 Å². The lowest BCUT2D eigenvalue weighted by atomic mass is 9.95. The van der Waals surface area contributed by atoms with Gasteiger partial charge in [0.15, 0.2) is 30.0 Å². The molecule has 1 aromatic heterocycles. The number of carbonyl (C=O) groups is 2. The van der Waals surface area contributed by atoms with Crippen molar-refractivity contribution in [2.75, 3.05) is 11.4 Å². The lowest BCUT2D eigenvalue weighted by Gasteiger charge is -2.27. The van der Waals surface area contributed by atoms with E-state index in [0.29, 0.717) is 11.1 Å².